The number of furan rings is 1. The minimum atomic E-state index is -0.683. The number of nitrogens with zero attached hydrogens (tertiary/aromatic N) is 1. The first-order valence-corrected chi connectivity index (χ1v) is 8.20. The van der Waals surface area contributed by atoms with Gasteiger partial charge in [0.05, 0.1) is 18.2 Å². The molecule has 4 nitrogen and oxygen atoms in total. The summed E-state index contributed by atoms with van der Waals surface area (Å²) in [7, 11) is 0. The van der Waals surface area contributed by atoms with Crippen LogP contribution in [-0.4, -0.2) is 29.1 Å². The number of halogens is 1. The van der Waals surface area contributed by atoms with Gasteiger partial charge in [0, 0.05) is 4.47 Å². The van der Waals surface area contributed by atoms with E-state index in [0.717, 1.165) is 28.9 Å². The van der Waals surface area contributed by atoms with Gasteiger partial charge in [0.25, 0.3) is 0 Å². The topological polar surface area (TPSA) is 53.7 Å². The van der Waals surface area contributed by atoms with E-state index in [1.165, 1.54) is 0 Å². The van der Waals surface area contributed by atoms with Crippen molar-refractivity contribution in [2.45, 2.75) is 18.9 Å². The van der Waals surface area contributed by atoms with E-state index in [9.17, 15) is 4.79 Å². The fourth-order valence-corrected chi connectivity index (χ4v) is 3.32. The lowest BCUT2D eigenvalue weighted by Crippen LogP contribution is -2.39. The van der Waals surface area contributed by atoms with Gasteiger partial charge in [-0.2, -0.15) is 0 Å². The number of aliphatic carboxylic acids is 1. The van der Waals surface area contributed by atoms with Crippen LogP contribution in [0.5, 0.6) is 0 Å². The summed E-state index contributed by atoms with van der Waals surface area (Å²) in [5.74, 6) is -0.00708. The SMILES string of the molecule is O=C(O)C1CCN(C(c2ccc(Br)cc2)c2ccco2)CC1. The molecule has 0 saturated carbocycles. The molecule has 0 amide bonds. The van der Waals surface area contributed by atoms with Crippen molar-refractivity contribution < 1.29 is 14.3 Å². The maximum Gasteiger partial charge on any atom is 0.306 e. The molecule has 1 aromatic heterocycles. The van der Waals surface area contributed by atoms with E-state index in [-0.39, 0.29) is 12.0 Å². The van der Waals surface area contributed by atoms with Crippen LogP contribution in [-0.2, 0) is 4.79 Å². The first-order valence-electron chi connectivity index (χ1n) is 7.41. The summed E-state index contributed by atoms with van der Waals surface area (Å²) in [5.41, 5.74) is 1.16. The molecule has 1 atom stereocenters. The van der Waals surface area contributed by atoms with E-state index in [1.807, 2.05) is 24.3 Å². The summed E-state index contributed by atoms with van der Waals surface area (Å²) < 4.78 is 6.68. The first kappa shape index (κ1) is 15.3. The first-order chi connectivity index (χ1) is 10.6. The van der Waals surface area contributed by atoms with E-state index in [4.69, 9.17) is 9.52 Å². The van der Waals surface area contributed by atoms with Gasteiger partial charge in [0.15, 0.2) is 0 Å². The van der Waals surface area contributed by atoms with Gasteiger partial charge in [-0.25, -0.2) is 0 Å². The molecule has 0 bridgehead atoms. The Labute approximate surface area is 137 Å². The maximum atomic E-state index is 11.1. The Balaban J connectivity index is 1.84. The summed E-state index contributed by atoms with van der Waals surface area (Å²) in [6.45, 7) is 1.52. The molecule has 116 valence electrons. The molecule has 1 N–H and O–H groups in total. The monoisotopic (exact) mass is 363 g/mol. The van der Waals surface area contributed by atoms with Gasteiger partial charge in [-0.15, -0.1) is 0 Å². The number of rotatable bonds is 4. The molecule has 0 radical (unpaired) electrons. The standard InChI is InChI=1S/C17H18BrNO3/c18-14-5-3-12(4-6-14)16(15-2-1-11-22-15)19-9-7-13(8-10-19)17(20)21/h1-6,11,13,16H,7-10H2,(H,20,21). The third-order valence-electron chi connectivity index (χ3n) is 4.24. The summed E-state index contributed by atoms with van der Waals surface area (Å²) in [6.07, 6.45) is 3.05. The van der Waals surface area contributed by atoms with Crippen molar-refractivity contribution in [3.8, 4) is 0 Å². The minimum Gasteiger partial charge on any atom is -0.481 e. The Hall–Kier alpha value is -1.59. The molecule has 1 fully saturated rings. The Bertz CT molecular complexity index is 616. The van der Waals surface area contributed by atoms with Gasteiger partial charge in [-0.1, -0.05) is 28.1 Å². The van der Waals surface area contributed by atoms with E-state index < -0.39 is 5.97 Å². The van der Waals surface area contributed by atoms with Crippen LogP contribution in [0.3, 0.4) is 0 Å². The maximum absolute atomic E-state index is 11.1. The molecule has 22 heavy (non-hydrogen) atoms. The predicted molar refractivity (Wildman–Crippen MR) is 86.6 cm³/mol. The van der Waals surface area contributed by atoms with Crippen molar-refractivity contribution in [3.63, 3.8) is 0 Å². The molecule has 1 aromatic carbocycles. The second kappa shape index (κ2) is 6.67. The van der Waals surface area contributed by atoms with Gasteiger partial charge < -0.3 is 9.52 Å². The third kappa shape index (κ3) is 3.25. The number of benzene rings is 1. The quantitative estimate of drug-likeness (QED) is 0.893. The minimum absolute atomic E-state index is 0.0397. The molecule has 2 aromatic rings. The predicted octanol–water partition coefficient (Wildman–Crippen LogP) is 3.93. The highest BCUT2D eigenvalue weighted by molar-refractivity contribution is 9.10. The van der Waals surface area contributed by atoms with Crippen LogP contribution < -0.4 is 0 Å². The van der Waals surface area contributed by atoms with Gasteiger partial charge in [-0.3, -0.25) is 9.69 Å². The molecule has 5 heteroatoms. The second-order valence-electron chi connectivity index (χ2n) is 5.62. The average molecular weight is 364 g/mol. The largest absolute Gasteiger partial charge is 0.481 e. The number of hydrogen-bond donors (Lipinski definition) is 1. The third-order valence-corrected chi connectivity index (χ3v) is 4.77. The molecular formula is C17H18BrNO3. The zero-order valence-corrected chi connectivity index (χ0v) is 13.7. The highest BCUT2D eigenvalue weighted by atomic mass is 79.9. The van der Waals surface area contributed by atoms with Crippen molar-refractivity contribution in [2.24, 2.45) is 5.92 Å². The van der Waals surface area contributed by atoms with E-state index >= 15 is 0 Å². The fourth-order valence-electron chi connectivity index (χ4n) is 3.05. The van der Waals surface area contributed by atoms with E-state index in [1.54, 1.807) is 6.26 Å². The summed E-state index contributed by atoms with van der Waals surface area (Å²) in [6, 6.07) is 12.1. The average Bonchev–Trinajstić information content (AvgIpc) is 3.04. The highest BCUT2D eigenvalue weighted by Gasteiger charge is 2.31. The highest BCUT2D eigenvalue weighted by Crippen LogP contribution is 2.33. The van der Waals surface area contributed by atoms with Crippen LogP contribution in [0.1, 0.15) is 30.2 Å². The van der Waals surface area contributed by atoms with E-state index in [2.05, 4.69) is 33.0 Å². The lowest BCUT2D eigenvalue weighted by Gasteiger charge is -2.35. The van der Waals surface area contributed by atoms with Crippen LogP contribution in [0.25, 0.3) is 0 Å². The van der Waals surface area contributed by atoms with Crippen molar-refractivity contribution in [1.82, 2.24) is 4.90 Å². The van der Waals surface area contributed by atoms with Gasteiger partial charge in [0.2, 0.25) is 0 Å². The molecule has 1 saturated heterocycles. The lowest BCUT2D eigenvalue weighted by atomic mass is 9.93. The summed E-state index contributed by atoms with van der Waals surface area (Å²) >= 11 is 3.46. The van der Waals surface area contributed by atoms with Gasteiger partial charge in [-0.05, 0) is 55.8 Å². The number of likely N-dealkylation sites (tertiary alicyclic amines) is 1. The summed E-state index contributed by atoms with van der Waals surface area (Å²) in [4.78, 5) is 13.4. The number of carboxylic acid groups (broad SMARTS) is 1. The molecule has 0 spiro atoms. The van der Waals surface area contributed by atoms with Gasteiger partial charge >= 0.3 is 5.97 Å². The zero-order chi connectivity index (χ0) is 15.5. The van der Waals surface area contributed by atoms with Crippen molar-refractivity contribution in [3.05, 3.63) is 58.5 Å². The number of carboxylic acids is 1. The van der Waals surface area contributed by atoms with Crippen LogP contribution in [0.4, 0.5) is 0 Å². The molecule has 3 rings (SSSR count). The molecule has 1 aliphatic heterocycles. The molecule has 2 heterocycles. The second-order valence-corrected chi connectivity index (χ2v) is 6.53. The number of carbonyl (C=O) groups is 1. The Morgan fingerprint density at radius 1 is 1.23 bits per heavy atom. The zero-order valence-electron chi connectivity index (χ0n) is 12.1. The van der Waals surface area contributed by atoms with E-state index in [0.29, 0.717) is 12.8 Å². The summed E-state index contributed by atoms with van der Waals surface area (Å²) in [5, 5.41) is 9.15. The number of piperidine rings is 1. The van der Waals surface area contributed by atoms with Gasteiger partial charge in [0.1, 0.15) is 5.76 Å². The lowest BCUT2D eigenvalue weighted by molar-refractivity contribution is -0.143. The number of hydrogen-bond acceptors (Lipinski definition) is 3. The normalized spacial score (nSPS) is 18.2. The fraction of sp³-hybridized carbons (Fsp3) is 0.353. The Kier molecular flexibility index (Phi) is 4.64. The van der Waals surface area contributed by atoms with Crippen LogP contribution in [0.2, 0.25) is 0 Å². The molecule has 1 aliphatic rings. The molecule has 1 unspecified atom stereocenters. The molecule has 0 aliphatic carbocycles. The van der Waals surface area contributed by atoms with Crippen LogP contribution in [0, 0.1) is 5.92 Å². The van der Waals surface area contributed by atoms with Crippen LogP contribution >= 0.6 is 15.9 Å². The van der Waals surface area contributed by atoms with Crippen molar-refractivity contribution in [1.29, 1.82) is 0 Å². The smallest absolute Gasteiger partial charge is 0.306 e. The Morgan fingerprint density at radius 2 is 1.91 bits per heavy atom. The Morgan fingerprint density at radius 3 is 2.45 bits per heavy atom. The van der Waals surface area contributed by atoms with Crippen molar-refractivity contribution >= 4 is 21.9 Å². The molecular weight excluding hydrogens is 346 g/mol. The van der Waals surface area contributed by atoms with Crippen molar-refractivity contribution in [2.75, 3.05) is 13.1 Å². The van der Waals surface area contributed by atoms with Crippen LogP contribution in [0.15, 0.2) is 51.6 Å².